The number of fused-ring (bicyclic) bond motifs is 1. The van der Waals surface area contributed by atoms with E-state index in [0.717, 1.165) is 24.1 Å². The van der Waals surface area contributed by atoms with Gasteiger partial charge in [-0.2, -0.15) is 0 Å². The molecule has 0 unspecified atom stereocenters. The molecule has 0 amide bonds. The molecule has 3 heterocycles. The summed E-state index contributed by atoms with van der Waals surface area (Å²) in [6, 6.07) is 9.52. The highest BCUT2D eigenvalue weighted by molar-refractivity contribution is 5.62. The van der Waals surface area contributed by atoms with Crippen LogP contribution in [0.3, 0.4) is 0 Å². The number of hydrogen-bond acceptors (Lipinski definition) is 6. The minimum atomic E-state index is -1.35. The Labute approximate surface area is 170 Å². The van der Waals surface area contributed by atoms with Crippen molar-refractivity contribution in [3.05, 3.63) is 53.9 Å². The molecule has 0 bridgehead atoms. The quantitative estimate of drug-likeness (QED) is 0.855. The summed E-state index contributed by atoms with van der Waals surface area (Å²) in [4.78, 5) is 0. The minimum Gasteiger partial charge on any atom is -0.379 e. The molecule has 4 atom stereocenters. The van der Waals surface area contributed by atoms with Crippen molar-refractivity contribution in [3.8, 4) is 0 Å². The van der Waals surface area contributed by atoms with Crippen molar-refractivity contribution in [1.29, 1.82) is 0 Å². The van der Waals surface area contributed by atoms with E-state index in [4.69, 9.17) is 14.2 Å². The molecule has 2 saturated heterocycles. The van der Waals surface area contributed by atoms with Crippen molar-refractivity contribution in [2.24, 2.45) is 0 Å². The predicted octanol–water partition coefficient (Wildman–Crippen LogP) is 3.00. The summed E-state index contributed by atoms with van der Waals surface area (Å²) in [5.41, 5.74) is 1.54. The van der Waals surface area contributed by atoms with E-state index in [1.54, 1.807) is 4.68 Å². The van der Waals surface area contributed by atoms with Crippen molar-refractivity contribution < 1.29 is 19.3 Å². The smallest absolute Gasteiger partial charge is 0.191 e. The van der Waals surface area contributed by atoms with Gasteiger partial charge in [-0.1, -0.05) is 41.6 Å². The van der Waals surface area contributed by atoms with Crippen LogP contribution in [-0.4, -0.2) is 44.4 Å². The van der Waals surface area contributed by atoms with Gasteiger partial charge in [0.2, 0.25) is 0 Å². The number of benzene rings is 1. The van der Waals surface area contributed by atoms with Crippen LogP contribution < -0.4 is 0 Å². The van der Waals surface area contributed by atoms with Crippen LogP contribution in [0, 0.1) is 0 Å². The number of nitrogens with zero attached hydrogens (tertiary/aromatic N) is 3. The summed E-state index contributed by atoms with van der Waals surface area (Å²) in [6.07, 6.45) is 6.90. The summed E-state index contributed by atoms with van der Waals surface area (Å²) in [5.74, 6) is -0.809. The van der Waals surface area contributed by atoms with E-state index in [1.807, 2.05) is 50.4 Å². The highest BCUT2D eigenvalue weighted by Gasteiger charge is 2.63. The molecular formula is C22H27N3O4. The molecule has 29 heavy (non-hydrogen) atoms. The van der Waals surface area contributed by atoms with Gasteiger partial charge in [0.1, 0.15) is 23.5 Å². The van der Waals surface area contributed by atoms with Crippen LogP contribution in [0.15, 0.2) is 42.6 Å². The molecule has 0 saturated carbocycles. The average molecular weight is 397 g/mol. The maximum Gasteiger partial charge on any atom is 0.191 e. The normalized spacial score (nSPS) is 33.5. The van der Waals surface area contributed by atoms with Crippen LogP contribution in [0.25, 0.3) is 5.57 Å². The van der Waals surface area contributed by atoms with Crippen molar-refractivity contribution in [2.45, 2.75) is 76.0 Å². The van der Waals surface area contributed by atoms with E-state index in [9.17, 15) is 5.11 Å². The van der Waals surface area contributed by atoms with Crippen LogP contribution in [0.1, 0.15) is 50.8 Å². The van der Waals surface area contributed by atoms with Crippen LogP contribution in [0.5, 0.6) is 0 Å². The van der Waals surface area contributed by atoms with Crippen molar-refractivity contribution in [3.63, 3.8) is 0 Å². The van der Waals surface area contributed by atoms with Crippen LogP contribution in [0.2, 0.25) is 0 Å². The van der Waals surface area contributed by atoms with E-state index < -0.39 is 29.9 Å². The van der Waals surface area contributed by atoms with Gasteiger partial charge in [0.05, 0.1) is 12.7 Å². The third-order valence-corrected chi connectivity index (χ3v) is 6.03. The first-order valence-electron chi connectivity index (χ1n) is 10.3. The maximum atomic E-state index is 11.8. The number of aliphatic hydroxyl groups is 1. The summed E-state index contributed by atoms with van der Waals surface area (Å²) in [7, 11) is 0. The summed E-state index contributed by atoms with van der Waals surface area (Å²) >= 11 is 0. The topological polar surface area (TPSA) is 78.6 Å². The van der Waals surface area contributed by atoms with Gasteiger partial charge >= 0.3 is 0 Å². The number of ether oxygens (including phenoxy) is 3. The SMILES string of the molecule is CC1(C)O[C@H]2O[C@H](Cn3cc(C4=CCCCC4)nn3)[C@](O)(c3ccccc3)[C@H]2O1. The van der Waals surface area contributed by atoms with E-state index in [2.05, 4.69) is 16.4 Å². The Hall–Kier alpha value is -2.06. The molecule has 7 nitrogen and oxygen atoms in total. The molecule has 0 radical (unpaired) electrons. The fourth-order valence-corrected chi connectivity index (χ4v) is 4.59. The second kappa shape index (κ2) is 7.02. The summed E-state index contributed by atoms with van der Waals surface area (Å²) in [6.45, 7) is 4.01. The van der Waals surface area contributed by atoms with Gasteiger partial charge in [-0.05, 0) is 50.7 Å². The largest absolute Gasteiger partial charge is 0.379 e. The Bertz CT molecular complexity index is 910. The Morgan fingerprint density at radius 3 is 2.76 bits per heavy atom. The maximum absolute atomic E-state index is 11.8. The zero-order chi connectivity index (χ0) is 20.1. The van der Waals surface area contributed by atoms with Crippen LogP contribution in [-0.2, 0) is 26.4 Å². The lowest BCUT2D eigenvalue weighted by molar-refractivity contribution is -0.233. The van der Waals surface area contributed by atoms with Gasteiger partial charge in [0.25, 0.3) is 0 Å². The van der Waals surface area contributed by atoms with Gasteiger partial charge in [0.15, 0.2) is 12.1 Å². The van der Waals surface area contributed by atoms with Gasteiger partial charge in [0, 0.05) is 0 Å². The average Bonchev–Trinajstić information content (AvgIpc) is 3.38. The van der Waals surface area contributed by atoms with E-state index in [1.165, 1.54) is 18.4 Å². The number of aromatic nitrogens is 3. The molecule has 2 fully saturated rings. The molecule has 1 aromatic carbocycles. The molecule has 2 aromatic rings. The van der Waals surface area contributed by atoms with Gasteiger partial charge in [-0.3, -0.25) is 0 Å². The van der Waals surface area contributed by atoms with E-state index >= 15 is 0 Å². The molecule has 3 aliphatic rings. The van der Waals surface area contributed by atoms with Crippen molar-refractivity contribution >= 4 is 5.57 Å². The second-order valence-electron chi connectivity index (χ2n) is 8.54. The second-order valence-corrected chi connectivity index (χ2v) is 8.54. The fourth-order valence-electron chi connectivity index (χ4n) is 4.59. The zero-order valence-corrected chi connectivity index (χ0v) is 16.8. The Balaban J connectivity index is 1.43. The summed E-state index contributed by atoms with van der Waals surface area (Å²) < 4.78 is 19.9. The van der Waals surface area contributed by atoms with Gasteiger partial charge in [-0.15, -0.1) is 5.10 Å². The molecule has 154 valence electrons. The highest BCUT2D eigenvalue weighted by Crippen LogP contribution is 2.48. The first-order valence-corrected chi connectivity index (χ1v) is 10.3. The first kappa shape index (κ1) is 18.9. The zero-order valence-electron chi connectivity index (χ0n) is 16.8. The lowest BCUT2D eigenvalue weighted by Crippen LogP contribution is -2.47. The van der Waals surface area contributed by atoms with Crippen LogP contribution >= 0.6 is 0 Å². The monoisotopic (exact) mass is 397 g/mol. The minimum absolute atomic E-state index is 0.353. The number of allylic oxidation sites excluding steroid dienone is 2. The lowest BCUT2D eigenvalue weighted by atomic mass is 9.84. The third kappa shape index (κ3) is 3.32. The standard InChI is InChI=1S/C22H27N3O4/c1-21(2)28-19-20(29-21)27-18(22(19,26)16-11-7-4-8-12-16)14-25-13-17(23-24-25)15-9-5-3-6-10-15/h4,7-9,11-13,18-20,26H,3,5-6,10,14H2,1-2H3/t18-,19+,20-,22-/m1/s1. The molecule has 7 heteroatoms. The molecule has 0 spiro atoms. The molecule has 2 aliphatic heterocycles. The van der Waals surface area contributed by atoms with Crippen LogP contribution in [0.4, 0.5) is 0 Å². The Morgan fingerprint density at radius 2 is 2.00 bits per heavy atom. The lowest BCUT2D eigenvalue weighted by Gasteiger charge is -2.34. The molecule has 5 rings (SSSR count). The Morgan fingerprint density at radius 1 is 1.17 bits per heavy atom. The van der Waals surface area contributed by atoms with E-state index in [-0.39, 0.29) is 0 Å². The Kier molecular flexibility index (Phi) is 4.58. The van der Waals surface area contributed by atoms with Gasteiger partial charge in [-0.25, -0.2) is 4.68 Å². The predicted molar refractivity (Wildman–Crippen MR) is 106 cm³/mol. The highest BCUT2D eigenvalue weighted by atomic mass is 16.8. The fraction of sp³-hybridized carbons (Fsp3) is 0.545. The van der Waals surface area contributed by atoms with E-state index in [0.29, 0.717) is 6.54 Å². The number of rotatable bonds is 4. The molecule has 1 aliphatic carbocycles. The first-order chi connectivity index (χ1) is 14.0. The molecule has 1 aromatic heterocycles. The van der Waals surface area contributed by atoms with Crippen molar-refractivity contribution in [2.75, 3.05) is 0 Å². The molecular weight excluding hydrogens is 370 g/mol. The number of hydrogen-bond donors (Lipinski definition) is 1. The molecule has 1 N–H and O–H groups in total. The van der Waals surface area contributed by atoms with Crippen molar-refractivity contribution in [1.82, 2.24) is 15.0 Å². The summed E-state index contributed by atoms with van der Waals surface area (Å²) in [5, 5.41) is 20.5. The third-order valence-electron chi connectivity index (χ3n) is 6.03. The van der Waals surface area contributed by atoms with Gasteiger partial charge < -0.3 is 19.3 Å².